The van der Waals surface area contributed by atoms with Crippen molar-refractivity contribution in [3.05, 3.63) is 23.8 Å². The van der Waals surface area contributed by atoms with E-state index in [2.05, 4.69) is 5.32 Å². The SMILES string of the molecule is COC(=O)[C@H]1CCNc2cc(N)ccc21. The molecule has 0 amide bonds. The second-order valence-corrected chi connectivity index (χ2v) is 3.64. The van der Waals surface area contributed by atoms with Crippen LogP contribution < -0.4 is 11.1 Å². The molecule has 4 heteroatoms. The number of esters is 1. The van der Waals surface area contributed by atoms with E-state index in [1.165, 1.54) is 7.11 Å². The first-order valence-electron chi connectivity index (χ1n) is 4.93. The number of carbonyl (C=O) groups is 1. The Bertz CT molecular complexity index is 390. The van der Waals surface area contributed by atoms with Crippen LogP contribution in [0.2, 0.25) is 0 Å². The third kappa shape index (κ3) is 1.75. The number of nitrogen functional groups attached to an aromatic ring is 1. The van der Waals surface area contributed by atoms with Crippen molar-refractivity contribution in [1.29, 1.82) is 0 Å². The van der Waals surface area contributed by atoms with Gasteiger partial charge in [-0.2, -0.15) is 0 Å². The molecular weight excluding hydrogens is 192 g/mol. The number of anilines is 2. The highest BCUT2D eigenvalue weighted by atomic mass is 16.5. The number of carbonyl (C=O) groups excluding carboxylic acids is 1. The average molecular weight is 206 g/mol. The molecule has 1 atom stereocenters. The Morgan fingerprint density at radius 3 is 3.13 bits per heavy atom. The summed E-state index contributed by atoms with van der Waals surface area (Å²) >= 11 is 0. The van der Waals surface area contributed by atoms with Crippen LogP contribution in [0, 0.1) is 0 Å². The van der Waals surface area contributed by atoms with Gasteiger partial charge in [0, 0.05) is 17.9 Å². The van der Waals surface area contributed by atoms with Crippen molar-refractivity contribution in [2.24, 2.45) is 0 Å². The highest BCUT2D eigenvalue weighted by Gasteiger charge is 2.26. The van der Waals surface area contributed by atoms with Gasteiger partial charge in [0.05, 0.1) is 13.0 Å². The Morgan fingerprint density at radius 1 is 1.60 bits per heavy atom. The van der Waals surface area contributed by atoms with Crippen LogP contribution in [0.1, 0.15) is 17.9 Å². The zero-order valence-corrected chi connectivity index (χ0v) is 8.62. The topological polar surface area (TPSA) is 64.3 Å². The molecule has 0 aromatic heterocycles. The minimum atomic E-state index is -0.178. The number of nitrogens with two attached hydrogens (primary N) is 1. The average Bonchev–Trinajstić information content (AvgIpc) is 2.26. The minimum Gasteiger partial charge on any atom is -0.469 e. The molecule has 0 saturated carbocycles. The Labute approximate surface area is 88.4 Å². The number of methoxy groups -OCH3 is 1. The number of fused-ring (bicyclic) bond motifs is 1. The van der Waals surface area contributed by atoms with Gasteiger partial charge < -0.3 is 15.8 Å². The van der Waals surface area contributed by atoms with Crippen LogP contribution in [0.5, 0.6) is 0 Å². The lowest BCUT2D eigenvalue weighted by Gasteiger charge is -2.25. The van der Waals surface area contributed by atoms with Crippen LogP contribution in [0.4, 0.5) is 11.4 Å². The predicted octanol–water partition coefficient (Wildman–Crippen LogP) is 1.34. The summed E-state index contributed by atoms with van der Waals surface area (Å²) in [4.78, 5) is 11.5. The maximum atomic E-state index is 11.5. The first-order valence-corrected chi connectivity index (χ1v) is 4.93. The van der Waals surface area contributed by atoms with Crippen molar-refractivity contribution in [3.8, 4) is 0 Å². The number of hydrogen-bond acceptors (Lipinski definition) is 4. The minimum absolute atomic E-state index is 0.160. The van der Waals surface area contributed by atoms with Gasteiger partial charge in [-0.3, -0.25) is 4.79 Å². The highest BCUT2D eigenvalue weighted by Crippen LogP contribution is 2.33. The van der Waals surface area contributed by atoms with Gasteiger partial charge >= 0.3 is 5.97 Å². The molecule has 0 radical (unpaired) electrons. The molecule has 1 aliphatic rings. The largest absolute Gasteiger partial charge is 0.469 e. The van der Waals surface area contributed by atoms with Crippen LogP contribution in [0.3, 0.4) is 0 Å². The van der Waals surface area contributed by atoms with Crippen LogP contribution in [0.25, 0.3) is 0 Å². The van der Waals surface area contributed by atoms with E-state index < -0.39 is 0 Å². The maximum absolute atomic E-state index is 11.5. The van der Waals surface area contributed by atoms with Crippen molar-refractivity contribution in [1.82, 2.24) is 0 Å². The van der Waals surface area contributed by atoms with Gasteiger partial charge in [0.1, 0.15) is 0 Å². The van der Waals surface area contributed by atoms with E-state index in [1.807, 2.05) is 18.2 Å². The molecule has 0 fully saturated rings. The molecule has 1 aromatic carbocycles. The second kappa shape index (κ2) is 3.81. The van der Waals surface area contributed by atoms with Crippen LogP contribution in [-0.4, -0.2) is 19.6 Å². The molecule has 15 heavy (non-hydrogen) atoms. The van der Waals surface area contributed by atoms with Gasteiger partial charge in [0.25, 0.3) is 0 Å². The van der Waals surface area contributed by atoms with Crippen LogP contribution in [-0.2, 0) is 9.53 Å². The van der Waals surface area contributed by atoms with Gasteiger partial charge in [-0.1, -0.05) is 6.07 Å². The van der Waals surface area contributed by atoms with E-state index in [-0.39, 0.29) is 11.9 Å². The monoisotopic (exact) mass is 206 g/mol. The number of nitrogens with one attached hydrogen (secondary N) is 1. The fraction of sp³-hybridized carbons (Fsp3) is 0.364. The first-order chi connectivity index (χ1) is 7.22. The van der Waals surface area contributed by atoms with E-state index >= 15 is 0 Å². The van der Waals surface area contributed by atoms with E-state index in [9.17, 15) is 4.79 Å². The van der Waals surface area contributed by atoms with Gasteiger partial charge in [-0.25, -0.2) is 0 Å². The number of ether oxygens (including phenoxy) is 1. The molecule has 3 N–H and O–H groups in total. The van der Waals surface area contributed by atoms with Gasteiger partial charge in [0.15, 0.2) is 0 Å². The Morgan fingerprint density at radius 2 is 2.40 bits per heavy atom. The summed E-state index contributed by atoms with van der Waals surface area (Å²) < 4.78 is 4.78. The zero-order valence-electron chi connectivity index (χ0n) is 8.62. The molecule has 1 aliphatic heterocycles. The molecule has 0 unspecified atom stereocenters. The van der Waals surface area contributed by atoms with Gasteiger partial charge in [-0.15, -0.1) is 0 Å². The molecule has 1 aromatic rings. The van der Waals surface area contributed by atoms with E-state index in [0.717, 1.165) is 24.2 Å². The normalized spacial score (nSPS) is 18.9. The van der Waals surface area contributed by atoms with Crippen molar-refractivity contribution in [2.45, 2.75) is 12.3 Å². The van der Waals surface area contributed by atoms with E-state index in [1.54, 1.807) is 0 Å². The number of hydrogen-bond donors (Lipinski definition) is 2. The molecule has 1 heterocycles. The molecule has 2 rings (SSSR count). The fourth-order valence-electron chi connectivity index (χ4n) is 1.92. The second-order valence-electron chi connectivity index (χ2n) is 3.64. The molecular formula is C11H14N2O2. The van der Waals surface area contributed by atoms with Crippen molar-refractivity contribution in [2.75, 3.05) is 24.7 Å². The standard InChI is InChI=1S/C11H14N2O2/c1-15-11(14)9-4-5-13-10-6-7(12)2-3-8(9)10/h2-3,6,9,13H,4-5,12H2,1H3/t9-/m0/s1. The molecule has 80 valence electrons. The van der Waals surface area contributed by atoms with E-state index in [4.69, 9.17) is 10.5 Å². The summed E-state index contributed by atoms with van der Waals surface area (Å²) in [6, 6.07) is 5.55. The molecule has 0 saturated heterocycles. The van der Waals surface area contributed by atoms with Crippen molar-refractivity contribution < 1.29 is 9.53 Å². The Balaban J connectivity index is 2.38. The summed E-state index contributed by atoms with van der Waals surface area (Å²) in [6.45, 7) is 0.774. The molecule has 0 bridgehead atoms. The lowest BCUT2D eigenvalue weighted by molar-refractivity contribution is -0.142. The smallest absolute Gasteiger partial charge is 0.313 e. The van der Waals surface area contributed by atoms with Crippen LogP contribution >= 0.6 is 0 Å². The van der Waals surface area contributed by atoms with E-state index in [0.29, 0.717) is 5.69 Å². The number of rotatable bonds is 1. The summed E-state index contributed by atoms with van der Waals surface area (Å²) in [5.74, 6) is -0.339. The highest BCUT2D eigenvalue weighted by molar-refractivity contribution is 5.82. The lowest BCUT2D eigenvalue weighted by Crippen LogP contribution is -2.23. The third-order valence-corrected chi connectivity index (χ3v) is 2.69. The summed E-state index contributed by atoms with van der Waals surface area (Å²) in [7, 11) is 1.42. The van der Waals surface area contributed by atoms with Gasteiger partial charge in [0.2, 0.25) is 0 Å². The molecule has 4 nitrogen and oxygen atoms in total. The summed E-state index contributed by atoms with van der Waals surface area (Å²) in [6.07, 6.45) is 0.767. The lowest BCUT2D eigenvalue weighted by atomic mass is 9.91. The predicted molar refractivity (Wildman–Crippen MR) is 58.7 cm³/mol. The molecule has 0 spiro atoms. The third-order valence-electron chi connectivity index (χ3n) is 2.69. The maximum Gasteiger partial charge on any atom is 0.313 e. The Kier molecular flexibility index (Phi) is 2.49. The van der Waals surface area contributed by atoms with Crippen LogP contribution in [0.15, 0.2) is 18.2 Å². The zero-order chi connectivity index (χ0) is 10.8. The quantitative estimate of drug-likeness (QED) is 0.537. The summed E-state index contributed by atoms with van der Waals surface area (Å²) in [5, 5.41) is 3.22. The Hall–Kier alpha value is -1.71. The first kappa shape index (κ1) is 9.83. The van der Waals surface area contributed by atoms with Gasteiger partial charge in [-0.05, 0) is 24.1 Å². The van der Waals surface area contributed by atoms with Crippen molar-refractivity contribution in [3.63, 3.8) is 0 Å². The summed E-state index contributed by atoms with van der Waals surface area (Å²) in [5.41, 5.74) is 8.30. The number of benzene rings is 1. The fourth-order valence-corrected chi connectivity index (χ4v) is 1.92. The van der Waals surface area contributed by atoms with Crippen molar-refractivity contribution >= 4 is 17.3 Å². The molecule has 0 aliphatic carbocycles.